The topological polar surface area (TPSA) is 119 Å². The number of methoxy groups -OCH3 is 1. The van der Waals surface area contributed by atoms with Gasteiger partial charge in [-0.25, -0.2) is 27.2 Å². The van der Waals surface area contributed by atoms with Gasteiger partial charge in [-0.1, -0.05) is 17.7 Å². The van der Waals surface area contributed by atoms with Crippen molar-refractivity contribution in [1.82, 2.24) is 24.4 Å². The highest BCUT2D eigenvalue weighted by Crippen LogP contribution is 2.46. The first-order valence-corrected chi connectivity index (χ1v) is 15.7. The summed E-state index contributed by atoms with van der Waals surface area (Å²) in [5, 5.41) is 5.75. The third kappa shape index (κ3) is 5.23. The van der Waals surface area contributed by atoms with E-state index in [4.69, 9.17) is 21.3 Å². The van der Waals surface area contributed by atoms with Crippen molar-refractivity contribution in [1.29, 1.82) is 0 Å². The molecule has 2 atom stereocenters. The molecule has 2 fully saturated rings. The Hall–Kier alpha value is -3.27. The van der Waals surface area contributed by atoms with Crippen molar-refractivity contribution in [3.05, 3.63) is 74.8 Å². The van der Waals surface area contributed by atoms with Crippen LogP contribution in [0.25, 0.3) is 5.57 Å². The maximum Gasteiger partial charge on any atom is 0.333 e. The number of alkyl halides is 2. The summed E-state index contributed by atoms with van der Waals surface area (Å²) >= 11 is 7.80. The van der Waals surface area contributed by atoms with Gasteiger partial charge in [-0.3, -0.25) is 9.79 Å². The maximum atomic E-state index is 14.0. The Bertz CT molecular complexity index is 1690. The number of carbonyl (C=O) groups is 1. The van der Waals surface area contributed by atoms with E-state index in [2.05, 4.69) is 14.8 Å². The maximum absolute atomic E-state index is 14.0. The Balaban J connectivity index is 1.41. The molecule has 222 valence electrons. The van der Waals surface area contributed by atoms with E-state index >= 15 is 0 Å². The van der Waals surface area contributed by atoms with Crippen molar-refractivity contribution in [2.45, 2.75) is 43.1 Å². The average molecular weight is 641 g/mol. The van der Waals surface area contributed by atoms with Gasteiger partial charge in [0.2, 0.25) is 10.0 Å². The molecule has 3 aliphatic rings. The Morgan fingerprint density at radius 3 is 2.69 bits per heavy atom. The van der Waals surface area contributed by atoms with Crippen LogP contribution in [0, 0.1) is 11.7 Å². The zero-order chi connectivity index (χ0) is 29.8. The minimum atomic E-state index is -3.80. The largest absolute Gasteiger partial charge is 0.469 e. The fourth-order valence-corrected chi connectivity index (χ4v) is 8.24. The highest BCUT2D eigenvalue weighted by Gasteiger charge is 2.46. The number of aromatic nitrogens is 3. The number of benzene rings is 1. The number of nitrogens with one attached hydrogen (secondary N) is 1. The monoisotopic (exact) mass is 640 g/mol. The van der Waals surface area contributed by atoms with Crippen molar-refractivity contribution < 1.29 is 31.1 Å². The molecule has 0 amide bonds. The van der Waals surface area contributed by atoms with Gasteiger partial charge in [0, 0.05) is 58.6 Å². The highest BCUT2D eigenvalue weighted by atomic mass is 35.5. The SMILES string of the molecule is COC(=O)[C@H]1C[C@H](S(=O)(=O)N[C@H]2CC3=C(c4ccn(C(F)F)n4)[C@H](c4ccc(F)cc4Cl)N=C(c4nccs4)N3C2)C1. The fraction of sp³-hybridized carbons (Fsp3) is 0.385. The standard InChI is InChI=1S/C26H24ClF3N6O4S2/c1-40-25(37)13-8-16(9-13)42(38,39)34-15-11-20-21(19-4-6-36(33-19)26(29)30)22(17-3-2-14(28)10-18(17)27)32-23(35(20)12-15)24-31-5-7-41-24/h2-7,10,13,15-16,22,26,34H,8-9,11-12H2,1H3/t13-,15-,16-,22-/m0/s1. The number of carbonyl (C=O) groups excluding carboxylic acids is 1. The second kappa shape index (κ2) is 11.1. The summed E-state index contributed by atoms with van der Waals surface area (Å²) in [5.41, 5.74) is 1.67. The number of halogens is 4. The van der Waals surface area contributed by atoms with E-state index in [1.807, 2.05) is 4.90 Å². The van der Waals surface area contributed by atoms with Crippen LogP contribution in [0.1, 0.15) is 48.1 Å². The molecule has 0 spiro atoms. The molecule has 10 nitrogen and oxygen atoms in total. The van der Waals surface area contributed by atoms with Crippen LogP contribution >= 0.6 is 22.9 Å². The molecule has 0 bridgehead atoms. The van der Waals surface area contributed by atoms with Gasteiger partial charge in [0.05, 0.1) is 24.0 Å². The molecule has 2 aromatic heterocycles. The number of aliphatic imine (C=N–C) groups is 1. The number of sulfonamides is 1. The number of hydrogen-bond acceptors (Lipinski definition) is 9. The van der Waals surface area contributed by atoms with Crippen molar-refractivity contribution in [3.63, 3.8) is 0 Å². The summed E-state index contributed by atoms with van der Waals surface area (Å²) in [6.45, 7) is -2.70. The van der Waals surface area contributed by atoms with Crippen molar-refractivity contribution in [3.8, 4) is 0 Å². The molecule has 0 radical (unpaired) electrons. The van der Waals surface area contributed by atoms with Gasteiger partial charge >= 0.3 is 12.5 Å². The number of nitrogens with zero attached hydrogens (tertiary/aromatic N) is 5. The van der Waals surface area contributed by atoms with Crippen LogP contribution in [0.15, 0.2) is 52.7 Å². The Kier molecular flexibility index (Phi) is 7.62. The summed E-state index contributed by atoms with van der Waals surface area (Å²) in [6.07, 6.45) is 3.26. The van der Waals surface area contributed by atoms with E-state index in [1.54, 1.807) is 11.6 Å². The molecule has 1 N–H and O–H groups in total. The van der Waals surface area contributed by atoms with Gasteiger partial charge in [-0.15, -0.1) is 11.3 Å². The molecule has 1 aliphatic carbocycles. The summed E-state index contributed by atoms with van der Waals surface area (Å²) in [6, 6.07) is 3.81. The molecular weight excluding hydrogens is 617 g/mol. The van der Waals surface area contributed by atoms with Crippen LogP contribution in [0.3, 0.4) is 0 Å². The summed E-state index contributed by atoms with van der Waals surface area (Å²) in [4.78, 5) is 22.9. The molecule has 2 aliphatic heterocycles. The number of hydrogen-bond donors (Lipinski definition) is 1. The lowest BCUT2D eigenvalue weighted by atomic mass is 9.85. The van der Waals surface area contributed by atoms with Gasteiger partial charge < -0.3 is 9.64 Å². The number of amidine groups is 1. The molecule has 16 heteroatoms. The van der Waals surface area contributed by atoms with Crippen molar-refractivity contribution in [2.24, 2.45) is 10.9 Å². The summed E-state index contributed by atoms with van der Waals surface area (Å²) in [5.74, 6) is -1.01. The van der Waals surface area contributed by atoms with Gasteiger partial charge in [0.15, 0.2) is 10.8 Å². The minimum absolute atomic E-state index is 0.0856. The number of ether oxygens (including phenoxy) is 1. The molecule has 3 aromatic rings. The molecule has 4 heterocycles. The predicted octanol–water partition coefficient (Wildman–Crippen LogP) is 4.39. The van der Waals surface area contributed by atoms with Gasteiger partial charge in [0.1, 0.15) is 11.9 Å². The van der Waals surface area contributed by atoms with Crippen LogP contribution in [0.2, 0.25) is 5.02 Å². The molecule has 6 rings (SSSR count). The highest BCUT2D eigenvalue weighted by molar-refractivity contribution is 7.90. The fourth-order valence-electron chi connectivity index (χ4n) is 5.54. The first-order chi connectivity index (χ1) is 20.1. The summed E-state index contributed by atoms with van der Waals surface area (Å²) < 4.78 is 75.6. The lowest BCUT2D eigenvalue weighted by molar-refractivity contribution is -0.148. The zero-order valence-electron chi connectivity index (χ0n) is 22.0. The van der Waals surface area contributed by atoms with Crippen molar-refractivity contribution >= 4 is 50.3 Å². The Morgan fingerprint density at radius 2 is 2.05 bits per heavy atom. The van der Waals surface area contributed by atoms with Crippen LogP contribution in [-0.2, 0) is 19.6 Å². The van der Waals surface area contributed by atoms with Crippen LogP contribution in [-0.4, -0.2) is 64.8 Å². The molecular formula is C26H24ClF3N6O4S2. The molecule has 1 aromatic carbocycles. The predicted molar refractivity (Wildman–Crippen MR) is 149 cm³/mol. The van der Waals surface area contributed by atoms with E-state index < -0.39 is 51.6 Å². The molecule has 1 saturated carbocycles. The number of fused-ring (bicyclic) bond motifs is 1. The second-order valence-corrected chi connectivity index (χ2v) is 13.5. The quantitative estimate of drug-likeness (QED) is 0.363. The first-order valence-electron chi connectivity index (χ1n) is 12.9. The number of esters is 1. The number of rotatable bonds is 8. The van der Waals surface area contributed by atoms with Crippen LogP contribution in [0.4, 0.5) is 13.2 Å². The van der Waals surface area contributed by atoms with E-state index in [1.165, 1.54) is 36.6 Å². The lowest BCUT2D eigenvalue weighted by Gasteiger charge is -2.33. The third-order valence-corrected chi connectivity index (χ3v) is 10.6. The lowest BCUT2D eigenvalue weighted by Crippen LogP contribution is -2.49. The Morgan fingerprint density at radius 1 is 1.26 bits per heavy atom. The smallest absolute Gasteiger partial charge is 0.333 e. The van der Waals surface area contributed by atoms with E-state index in [9.17, 15) is 26.4 Å². The second-order valence-electron chi connectivity index (χ2n) is 10.2. The molecule has 0 unspecified atom stereocenters. The van der Waals surface area contributed by atoms with E-state index in [-0.39, 0.29) is 36.5 Å². The molecule has 1 saturated heterocycles. The zero-order valence-corrected chi connectivity index (χ0v) is 24.3. The third-order valence-electron chi connectivity index (χ3n) is 7.62. The number of thiazole rings is 1. The van der Waals surface area contributed by atoms with Gasteiger partial charge in [-0.05, 0) is 31.0 Å². The van der Waals surface area contributed by atoms with Crippen molar-refractivity contribution in [2.75, 3.05) is 13.7 Å². The molecule has 42 heavy (non-hydrogen) atoms. The van der Waals surface area contributed by atoms with Gasteiger partial charge in [0.25, 0.3) is 0 Å². The first kappa shape index (κ1) is 28.8. The average Bonchev–Trinajstić information content (AvgIpc) is 3.67. The summed E-state index contributed by atoms with van der Waals surface area (Å²) in [7, 11) is -2.54. The Labute approximate surface area is 247 Å². The van der Waals surface area contributed by atoms with Crippen LogP contribution < -0.4 is 4.72 Å². The van der Waals surface area contributed by atoms with E-state index in [0.717, 1.165) is 12.3 Å². The van der Waals surface area contributed by atoms with Gasteiger partial charge in [-0.2, -0.15) is 13.9 Å². The van der Waals surface area contributed by atoms with E-state index in [0.29, 0.717) is 32.4 Å². The van der Waals surface area contributed by atoms with Crippen LogP contribution in [0.5, 0.6) is 0 Å². The minimum Gasteiger partial charge on any atom is -0.469 e. The normalized spacial score (nSPS) is 24.0.